The van der Waals surface area contributed by atoms with Crippen molar-refractivity contribution in [3.05, 3.63) is 0 Å². The van der Waals surface area contributed by atoms with E-state index in [1.54, 1.807) is 11.8 Å². The van der Waals surface area contributed by atoms with Crippen LogP contribution < -0.4 is 5.32 Å². The molecule has 0 saturated heterocycles. The number of rotatable bonds is 7. The maximum Gasteiger partial charge on any atom is 0.232 e. The van der Waals surface area contributed by atoms with Gasteiger partial charge in [0.2, 0.25) is 5.91 Å². The number of carbonyl (C=O) groups is 1. The van der Waals surface area contributed by atoms with Crippen LogP contribution in [0, 0.1) is 5.92 Å². The number of aliphatic hydroxyl groups is 1. The van der Waals surface area contributed by atoms with E-state index >= 15 is 0 Å². The standard InChI is InChI=1S/C10H21NO2S/c1-8(2)7-11-10(13)9(3)14-6-4-5-12/h8-9,12H,4-7H2,1-3H3,(H,11,13). The summed E-state index contributed by atoms with van der Waals surface area (Å²) in [7, 11) is 0. The Kier molecular flexibility index (Phi) is 7.99. The van der Waals surface area contributed by atoms with E-state index in [1.165, 1.54) is 0 Å². The molecule has 0 spiro atoms. The van der Waals surface area contributed by atoms with Crippen molar-refractivity contribution in [2.75, 3.05) is 18.9 Å². The van der Waals surface area contributed by atoms with E-state index in [4.69, 9.17) is 5.11 Å². The molecule has 0 aliphatic rings. The third-order valence-corrected chi connectivity index (χ3v) is 2.96. The average Bonchev–Trinajstić information content (AvgIpc) is 2.14. The van der Waals surface area contributed by atoms with Gasteiger partial charge in [-0.15, -0.1) is 11.8 Å². The number of carbonyl (C=O) groups excluding carboxylic acids is 1. The zero-order chi connectivity index (χ0) is 11.0. The average molecular weight is 219 g/mol. The number of nitrogens with one attached hydrogen (secondary N) is 1. The molecule has 0 saturated carbocycles. The van der Waals surface area contributed by atoms with E-state index in [2.05, 4.69) is 19.2 Å². The van der Waals surface area contributed by atoms with Gasteiger partial charge in [0.1, 0.15) is 0 Å². The van der Waals surface area contributed by atoms with E-state index < -0.39 is 0 Å². The van der Waals surface area contributed by atoms with E-state index in [-0.39, 0.29) is 17.8 Å². The van der Waals surface area contributed by atoms with Gasteiger partial charge in [-0.2, -0.15) is 0 Å². The minimum absolute atomic E-state index is 0.0136. The van der Waals surface area contributed by atoms with Gasteiger partial charge in [0.25, 0.3) is 0 Å². The van der Waals surface area contributed by atoms with E-state index in [1.807, 2.05) is 6.92 Å². The van der Waals surface area contributed by atoms with Crippen molar-refractivity contribution in [3.8, 4) is 0 Å². The van der Waals surface area contributed by atoms with Crippen LogP contribution in [0.25, 0.3) is 0 Å². The zero-order valence-electron chi connectivity index (χ0n) is 9.25. The largest absolute Gasteiger partial charge is 0.396 e. The van der Waals surface area contributed by atoms with Gasteiger partial charge in [0.05, 0.1) is 5.25 Å². The van der Waals surface area contributed by atoms with Crippen LogP contribution in [-0.2, 0) is 4.79 Å². The number of thioether (sulfide) groups is 1. The first-order chi connectivity index (χ1) is 6.57. The van der Waals surface area contributed by atoms with Crippen molar-refractivity contribution in [2.24, 2.45) is 5.92 Å². The maximum absolute atomic E-state index is 11.4. The van der Waals surface area contributed by atoms with Crippen molar-refractivity contribution in [3.63, 3.8) is 0 Å². The molecule has 2 N–H and O–H groups in total. The molecule has 4 heteroatoms. The Balaban J connectivity index is 3.54. The van der Waals surface area contributed by atoms with Crippen LogP contribution in [-0.4, -0.2) is 35.2 Å². The Bertz CT molecular complexity index is 162. The minimum atomic E-state index is -0.0136. The SMILES string of the molecule is CC(C)CNC(=O)C(C)SCCCO. The molecule has 0 rings (SSSR count). The summed E-state index contributed by atoms with van der Waals surface area (Å²) >= 11 is 1.59. The molecule has 0 aliphatic carbocycles. The van der Waals surface area contributed by atoms with Crippen molar-refractivity contribution in [1.29, 1.82) is 0 Å². The fourth-order valence-electron chi connectivity index (χ4n) is 0.849. The molecule has 0 radical (unpaired) electrons. The summed E-state index contributed by atoms with van der Waals surface area (Å²) in [5.41, 5.74) is 0. The van der Waals surface area contributed by atoms with Crippen LogP contribution in [0.1, 0.15) is 27.2 Å². The first-order valence-corrected chi connectivity index (χ1v) is 6.13. The first-order valence-electron chi connectivity index (χ1n) is 5.08. The second-order valence-corrected chi connectivity index (χ2v) is 5.18. The Hall–Kier alpha value is -0.220. The molecule has 0 fully saturated rings. The molecule has 0 aromatic heterocycles. The Morgan fingerprint density at radius 2 is 2.07 bits per heavy atom. The van der Waals surface area contributed by atoms with Crippen molar-refractivity contribution in [1.82, 2.24) is 5.32 Å². The third-order valence-electron chi connectivity index (χ3n) is 1.72. The van der Waals surface area contributed by atoms with Gasteiger partial charge in [-0.25, -0.2) is 0 Å². The molecule has 0 bridgehead atoms. The Labute approximate surface area is 90.7 Å². The van der Waals surface area contributed by atoms with E-state index in [9.17, 15) is 4.79 Å². The normalized spacial score (nSPS) is 12.9. The Morgan fingerprint density at radius 3 is 2.57 bits per heavy atom. The molecule has 0 aromatic carbocycles. The monoisotopic (exact) mass is 219 g/mol. The highest BCUT2D eigenvalue weighted by Crippen LogP contribution is 2.11. The summed E-state index contributed by atoms with van der Waals surface area (Å²) in [5, 5.41) is 11.5. The maximum atomic E-state index is 11.4. The smallest absolute Gasteiger partial charge is 0.232 e. The molecule has 1 unspecified atom stereocenters. The summed E-state index contributed by atoms with van der Waals surface area (Å²) in [5.74, 6) is 1.43. The van der Waals surface area contributed by atoms with Gasteiger partial charge in [-0.1, -0.05) is 13.8 Å². The van der Waals surface area contributed by atoms with Gasteiger partial charge >= 0.3 is 0 Å². The predicted molar refractivity (Wildman–Crippen MR) is 61.5 cm³/mol. The van der Waals surface area contributed by atoms with Crippen LogP contribution in [0.2, 0.25) is 0 Å². The fourth-order valence-corrected chi connectivity index (χ4v) is 1.73. The first kappa shape index (κ1) is 13.8. The second-order valence-electron chi connectivity index (χ2n) is 3.73. The fraction of sp³-hybridized carbons (Fsp3) is 0.900. The molecule has 1 amide bonds. The number of aliphatic hydroxyl groups excluding tert-OH is 1. The predicted octanol–water partition coefficient (Wildman–Crippen LogP) is 1.26. The molecular formula is C10H21NO2S. The van der Waals surface area contributed by atoms with E-state index in [0.29, 0.717) is 5.92 Å². The van der Waals surface area contributed by atoms with Gasteiger partial charge in [0, 0.05) is 13.2 Å². The van der Waals surface area contributed by atoms with Crippen molar-refractivity contribution in [2.45, 2.75) is 32.4 Å². The van der Waals surface area contributed by atoms with Crippen LogP contribution in [0.15, 0.2) is 0 Å². The second kappa shape index (κ2) is 8.12. The molecular weight excluding hydrogens is 198 g/mol. The van der Waals surface area contributed by atoms with Gasteiger partial charge in [0.15, 0.2) is 0 Å². The highest BCUT2D eigenvalue weighted by molar-refractivity contribution is 8.00. The lowest BCUT2D eigenvalue weighted by atomic mass is 10.2. The summed E-state index contributed by atoms with van der Waals surface area (Å²) in [6, 6.07) is 0. The number of amides is 1. The van der Waals surface area contributed by atoms with Crippen LogP contribution in [0.4, 0.5) is 0 Å². The van der Waals surface area contributed by atoms with Gasteiger partial charge in [-0.05, 0) is 25.0 Å². The van der Waals surface area contributed by atoms with Gasteiger partial charge < -0.3 is 10.4 Å². The summed E-state index contributed by atoms with van der Waals surface area (Å²) in [6.45, 7) is 6.99. The van der Waals surface area contributed by atoms with Crippen LogP contribution in [0.5, 0.6) is 0 Å². The summed E-state index contributed by atoms with van der Waals surface area (Å²) in [4.78, 5) is 11.4. The molecule has 0 aromatic rings. The highest BCUT2D eigenvalue weighted by atomic mass is 32.2. The molecule has 0 aliphatic heterocycles. The van der Waals surface area contributed by atoms with E-state index in [0.717, 1.165) is 18.7 Å². The molecule has 14 heavy (non-hydrogen) atoms. The highest BCUT2D eigenvalue weighted by Gasteiger charge is 2.12. The summed E-state index contributed by atoms with van der Waals surface area (Å²) < 4.78 is 0. The van der Waals surface area contributed by atoms with Crippen molar-refractivity contribution < 1.29 is 9.90 Å². The molecule has 84 valence electrons. The lowest BCUT2D eigenvalue weighted by molar-refractivity contribution is -0.120. The van der Waals surface area contributed by atoms with Crippen LogP contribution >= 0.6 is 11.8 Å². The molecule has 3 nitrogen and oxygen atoms in total. The minimum Gasteiger partial charge on any atom is -0.396 e. The molecule has 0 heterocycles. The lowest BCUT2D eigenvalue weighted by Gasteiger charge is -2.12. The Morgan fingerprint density at radius 1 is 1.43 bits per heavy atom. The van der Waals surface area contributed by atoms with Gasteiger partial charge in [-0.3, -0.25) is 4.79 Å². The number of hydrogen-bond donors (Lipinski definition) is 2. The van der Waals surface area contributed by atoms with Crippen LogP contribution in [0.3, 0.4) is 0 Å². The van der Waals surface area contributed by atoms with Crippen molar-refractivity contribution >= 4 is 17.7 Å². The molecule has 1 atom stereocenters. The topological polar surface area (TPSA) is 49.3 Å². The zero-order valence-corrected chi connectivity index (χ0v) is 10.1. The lowest BCUT2D eigenvalue weighted by Crippen LogP contribution is -2.33. The quantitative estimate of drug-likeness (QED) is 0.634. The third kappa shape index (κ3) is 7.21. The number of hydrogen-bond acceptors (Lipinski definition) is 3. The summed E-state index contributed by atoms with van der Waals surface area (Å²) in [6.07, 6.45) is 0.756.